The van der Waals surface area contributed by atoms with Crippen molar-refractivity contribution in [3.05, 3.63) is 126 Å². The Morgan fingerprint density at radius 1 is 0.818 bits per heavy atom. The van der Waals surface area contributed by atoms with Crippen LogP contribution in [0.25, 0.3) is 0 Å². The summed E-state index contributed by atoms with van der Waals surface area (Å²) in [5, 5.41) is 24.9. The van der Waals surface area contributed by atoms with Crippen LogP contribution in [0.4, 0.5) is 0 Å². The van der Waals surface area contributed by atoms with Gasteiger partial charge in [0.1, 0.15) is 11.6 Å². The first kappa shape index (κ1) is 30.3. The summed E-state index contributed by atoms with van der Waals surface area (Å²) in [5.74, 6) is 0.523. The van der Waals surface area contributed by atoms with Gasteiger partial charge in [0.05, 0.1) is 24.2 Å². The maximum absolute atomic E-state index is 13.3. The molecule has 0 aliphatic heterocycles. The molecule has 0 saturated heterocycles. The van der Waals surface area contributed by atoms with Gasteiger partial charge in [-0.05, 0) is 54.2 Å². The molecule has 3 atom stereocenters. The Balaban J connectivity index is 1.22. The maximum atomic E-state index is 13.3. The molecule has 2 aliphatic rings. The second-order valence-corrected chi connectivity index (χ2v) is 12.8. The van der Waals surface area contributed by atoms with Gasteiger partial charge in [-0.1, -0.05) is 123 Å². The molecule has 0 unspecified atom stereocenters. The zero-order valence-electron chi connectivity index (χ0n) is 25.5. The highest BCUT2D eigenvalue weighted by atomic mass is 16.3. The number of hydrogen-bond acceptors (Lipinski definition) is 4. The number of nitrogens with one attached hydrogen (secondary N) is 1. The van der Waals surface area contributed by atoms with Gasteiger partial charge in [0.2, 0.25) is 5.91 Å². The fourth-order valence-corrected chi connectivity index (χ4v) is 7.20. The van der Waals surface area contributed by atoms with Gasteiger partial charge in [-0.2, -0.15) is 0 Å². The number of benzene rings is 3. The standard InChI is InChI=1S/C38H45N3O3/c42-35(40-34(25-28-13-5-1-6-14-28)37(44)36(43)29-21-22-29)24-23-33-26-41(27-39-33)38(30-15-7-2-8-16-30,31-17-9-3-10-18-31)32-19-11-4-12-20-32/h2-4,7-12,15-20,26-29,34,36-37,43-44H,1,5-6,13-14,21-25H2,(H,40,42)/t34-,36-,37+/m0/s1. The minimum atomic E-state index is -0.934. The lowest BCUT2D eigenvalue weighted by Gasteiger charge is -2.37. The number of hydrogen-bond donors (Lipinski definition) is 3. The molecule has 0 bridgehead atoms. The van der Waals surface area contributed by atoms with E-state index in [-0.39, 0.29) is 18.2 Å². The van der Waals surface area contributed by atoms with Gasteiger partial charge in [-0.3, -0.25) is 4.79 Å². The summed E-state index contributed by atoms with van der Waals surface area (Å²) in [6, 6.07) is 31.0. The molecule has 2 fully saturated rings. The summed E-state index contributed by atoms with van der Waals surface area (Å²) < 4.78 is 2.17. The van der Waals surface area contributed by atoms with E-state index in [1.807, 2.05) is 24.5 Å². The third-order valence-electron chi connectivity index (χ3n) is 9.73. The zero-order chi connectivity index (χ0) is 30.4. The summed E-state index contributed by atoms with van der Waals surface area (Å²) in [6.07, 6.45) is 11.5. The van der Waals surface area contributed by atoms with Crippen LogP contribution in [0.5, 0.6) is 0 Å². The highest BCUT2D eigenvalue weighted by molar-refractivity contribution is 5.76. The van der Waals surface area contributed by atoms with Crippen LogP contribution in [0.1, 0.15) is 80.2 Å². The topological polar surface area (TPSA) is 87.4 Å². The second-order valence-electron chi connectivity index (χ2n) is 12.8. The molecule has 0 spiro atoms. The van der Waals surface area contributed by atoms with Crippen LogP contribution in [0, 0.1) is 11.8 Å². The zero-order valence-corrected chi connectivity index (χ0v) is 25.5. The minimum Gasteiger partial charge on any atom is -0.390 e. The third kappa shape index (κ3) is 6.67. The van der Waals surface area contributed by atoms with E-state index in [1.54, 1.807) is 0 Å². The molecule has 1 amide bonds. The molecule has 1 aromatic heterocycles. The number of carbonyl (C=O) groups excluding carboxylic acids is 1. The molecule has 1 heterocycles. The van der Waals surface area contributed by atoms with Crippen LogP contribution in [-0.4, -0.2) is 43.9 Å². The Morgan fingerprint density at radius 2 is 1.36 bits per heavy atom. The van der Waals surface area contributed by atoms with E-state index in [1.165, 1.54) is 19.3 Å². The van der Waals surface area contributed by atoms with Crippen LogP contribution >= 0.6 is 0 Å². The van der Waals surface area contributed by atoms with Crippen LogP contribution in [0.3, 0.4) is 0 Å². The molecule has 2 aliphatic carbocycles. The van der Waals surface area contributed by atoms with Crippen molar-refractivity contribution in [2.75, 3.05) is 0 Å². The highest BCUT2D eigenvalue weighted by Gasteiger charge is 2.40. The van der Waals surface area contributed by atoms with E-state index in [4.69, 9.17) is 4.98 Å². The molecule has 6 heteroatoms. The number of carbonyl (C=O) groups is 1. The number of aryl methyl sites for hydroxylation is 1. The summed E-state index contributed by atoms with van der Waals surface area (Å²) >= 11 is 0. The molecule has 0 radical (unpaired) electrons. The quantitative estimate of drug-likeness (QED) is 0.161. The van der Waals surface area contributed by atoms with E-state index in [2.05, 4.69) is 88.9 Å². The Labute approximate surface area is 261 Å². The summed E-state index contributed by atoms with van der Waals surface area (Å²) in [5.41, 5.74) is 3.54. The molecule has 6 rings (SSSR count). The number of amides is 1. The fourth-order valence-electron chi connectivity index (χ4n) is 7.20. The van der Waals surface area contributed by atoms with Crippen molar-refractivity contribution >= 4 is 5.91 Å². The molecule has 4 aromatic rings. The first-order valence-electron chi connectivity index (χ1n) is 16.4. The Morgan fingerprint density at radius 3 is 1.89 bits per heavy atom. The second kappa shape index (κ2) is 13.9. The van der Waals surface area contributed by atoms with Crippen molar-refractivity contribution in [3.8, 4) is 0 Å². The van der Waals surface area contributed by atoms with E-state index < -0.39 is 23.8 Å². The van der Waals surface area contributed by atoms with E-state index in [9.17, 15) is 15.0 Å². The van der Waals surface area contributed by atoms with E-state index in [0.717, 1.165) is 54.5 Å². The van der Waals surface area contributed by atoms with Crippen molar-refractivity contribution in [1.29, 1.82) is 0 Å². The normalized spacial score (nSPS) is 18.0. The lowest BCUT2D eigenvalue weighted by atomic mass is 9.77. The average Bonchev–Trinajstić information content (AvgIpc) is 3.83. The van der Waals surface area contributed by atoms with Gasteiger partial charge in [0.25, 0.3) is 0 Å². The molecule has 6 nitrogen and oxygen atoms in total. The van der Waals surface area contributed by atoms with Crippen molar-refractivity contribution in [2.24, 2.45) is 11.8 Å². The fraction of sp³-hybridized carbons (Fsp3) is 0.421. The lowest BCUT2D eigenvalue weighted by molar-refractivity contribution is -0.123. The predicted molar refractivity (Wildman–Crippen MR) is 173 cm³/mol. The summed E-state index contributed by atoms with van der Waals surface area (Å²) in [4.78, 5) is 18.1. The first-order valence-corrected chi connectivity index (χ1v) is 16.4. The van der Waals surface area contributed by atoms with Gasteiger partial charge in [0.15, 0.2) is 0 Å². The molecule has 2 saturated carbocycles. The SMILES string of the molecule is O=C(CCc1cn(C(c2ccccc2)(c2ccccc2)c2ccccc2)cn1)N[C@@H](CC1CCCCC1)[C@@H](O)[C@@H](O)C1CC1. The molecule has 44 heavy (non-hydrogen) atoms. The molecule has 3 aromatic carbocycles. The van der Waals surface area contributed by atoms with Crippen LogP contribution in [-0.2, 0) is 16.8 Å². The minimum absolute atomic E-state index is 0.108. The molecular weight excluding hydrogens is 546 g/mol. The van der Waals surface area contributed by atoms with E-state index >= 15 is 0 Å². The number of rotatable bonds is 13. The van der Waals surface area contributed by atoms with Gasteiger partial charge >= 0.3 is 0 Å². The molecular formula is C38H45N3O3. The molecule has 230 valence electrons. The molecule has 3 N–H and O–H groups in total. The summed E-state index contributed by atoms with van der Waals surface area (Å²) in [6.45, 7) is 0. The Bertz CT molecular complexity index is 1370. The Kier molecular flexibility index (Phi) is 9.58. The largest absolute Gasteiger partial charge is 0.390 e. The number of aliphatic hydroxyl groups is 2. The van der Waals surface area contributed by atoms with Crippen LogP contribution in [0.15, 0.2) is 104 Å². The van der Waals surface area contributed by atoms with Gasteiger partial charge in [-0.15, -0.1) is 0 Å². The smallest absolute Gasteiger partial charge is 0.220 e. The lowest BCUT2D eigenvalue weighted by Crippen LogP contribution is -2.50. The number of nitrogens with zero attached hydrogens (tertiary/aromatic N) is 2. The van der Waals surface area contributed by atoms with Gasteiger partial charge in [0, 0.05) is 12.6 Å². The maximum Gasteiger partial charge on any atom is 0.220 e. The summed E-state index contributed by atoms with van der Waals surface area (Å²) in [7, 11) is 0. The van der Waals surface area contributed by atoms with Gasteiger partial charge in [-0.25, -0.2) is 4.98 Å². The van der Waals surface area contributed by atoms with Crippen molar-refractivity contribution in [1.82, 2.24) is 14.9 Å². The van der Waals surface area contributed by atoms with E-state index in [0.29, 0.717) is 12.3 Å². The monoisotopic (exact) mass is 591 g/mol. The number of imidazole rings is 1. The van der Waals surface area contributed by atoms with Gasteiger partial charge < -0.3 is 20.1 Å². The first-order chi connectivity index (χ1) is 21.6. The van der Waals surface area contributed by atoms with Crippen molar-refractivity contribution in [2.45, 2.75) is 88.0 Å². The van der Waals surface area contributed by atoms with Crippen LogP contribution < -0.4 is 5.32 Å². The van der Waals surface area contributed by atoms with Crippen molar-refractivity contribution in [3.63, 3.8) is 0 Å². The highest BCUT2D eigenvalue weighted by Crippen LogP contribution is 2.41. The van der Waals surface area contributed by atoms with Crippen molar-refractivity contribution < 1.29 is 15.0 Å². The average molecular weight is 592 g/mol. The van der Waals surface area contributed by atoms with Crippen LogP contribution in [0.2, 0.25) is 0 Å². The predicted octanol–water partition coefficient (Wildman–Crippen LogP) is 6.24. The number of aliphatic hydroxyl groups excluding tert-OH is 2. The third-order valence-corrected chi connectivity index (χ3v) is 9.73. The Hall–Kier alpha value is -3.74. The number of aromatic nitrogens is 2.